The Bertz CT molecular complexity index is 209. The van der Waals surface area contributed by atoms with Crippen molar-refractivity contribution in [1.82, 2.24) is 10.7 Å². The van der Waals surface area contributed by atoms with Crippen LogP contribution < -0.4 is 10.7 Å². The van der Waals surface area contributed by atoms with E-state index >= 15 is 0 Å². The number of nitrogens with zero attached hydrogens (tertiary/aromatic N) is 1. The molecule has 0 spiro atoms. The number of hydrogen-bond acceptors (Lipinski definition) is 3. The van der Waals surface area contributed by atoms with Gasteiger partial charge in [-0.15, -0.1) is 0 Å². The second kappa shape index (κ2) is 5.14. The van der Waals surface area contributed by atoms with Crippen LogP contribution >= 0.6 is 12.2 Å². The van der Waals surface area contributed by atoms with Gasteiger partial charge in [0.15, 0.2) is 5.11 Å². The van der Waals surface area contributed by atoms with Crippen molar-refractivity contribution in [2.45, 2.75) is 25.9 Å². The lowest BCUT2D eigenvalue weighted by molar-refractivity contribution is 0.0561. The Kier molecular flexibility index (Phi) is 4.11. The van der Waals surface area contributed by atoms with Gasteiger partial charge < -0.3 is 10.1 Å². The normalized spacial score (nSPS) is 20.5. The standard InChI is InChI=1S/C8H15N3OS/c1-3-12-7-4-6(5-7)10-11-8(13)9-2/h7H,3-5H2,1-2H3,(H2,9,11,13). The Hall–Kier alpha value is -0.680. The summed E-state index contributed by atoms with van der Waals surface area (Å²) in [4.78, 5) is 0. The molecule has 4 nitrogen and oxygen atoms in total. The molecule has 0 radical (unpaired) electrons. The molecule has 74 valence electrons. The van der Waals surface area contributed by atoms with Gasteiger partial charge in [-0.05, 0) is 19.1 Å². The van der Waals surface area contributed by atoms with Gasteiger partial charge >= 0.3 is 0 Å². The largest absolute Gasteiger partial charge is 0.378 e. The molecular weight excluding hydrogens is 186 g/mol. The van der Waals surface area contributed by atoms with Crippen molar-refractivity contribution >= 4 is 23.0 Å². The van der Waals surface area contributed by atoms with Crippen LogP contribution in [0.2, 0.25) is 0 Å². The van der Waals surface area contributed by atoms with Crippen LogP contribution in [0.4, 0.5) is 0 Å². The van der Waals surface area contributed by atoms with Crippen LogP contribution in [0.15, 0.2) is 5.10 Å². The van der Waals surface area contributed by atoms with E-state index in [0.29, 0.717) is 11.2 Å². The molecule has 0 bridgehead atoms. The third-order valence-electron chi connectivity index (χ3n) is 1.87. The summed E-state index contributed by atoms with van der Waals surface area (Å²) in [6.45, 7) is 2.78. The fourth-order valence-electron chi connectivity index (χ4n) is 1.10. The Morgan fingerprint density at radius 2 is 2.38 bits per heavy atom. The lowest BCUT2D eigenvalue weighted by Crippen LogP contribution is -2.35. The Balaban J connectivity index is 2.15. The van der Waals surface area contributed by atoms with Crippen LogP contribution in [0, 0.1) is 0 Å². The molecule has 0 amide bonds. The van der Waals surface area contributed by atoms with E-state index in [1.165, 1.54) is 0 Å². The first-order valence-corrected chi connectivity index (χ1v) is 4.81. The molecule has 0 heterocycles. The van der Waals surface area contributed by atoms with Crippen molar-refractivity contribution in [2.75, 3.05) is 13.7 Å². The van der Waals surface area contributed by atoms with Crippen LogP contribution in [0.3, 0.4) is 0 Å². The second-order valence-electron chi connectivity index (χ2n) is 2.85. The SMILES string of the molecule is CCOC1CC(=NNC(=S)NC)C1. The van der Waals surface area contributed by atoms with E-state index in [0.717, 1.165) is 25.2 Å². The van der Waals surface area contributed by atoms with Gasteiger partial charge in [-0.25, -0.2) is 0 Å². The smallest absolute Gasteiger partial charge is 0.186 e. The van der Waals surface area contributed by atoms with Crippen LogP contribution in [0.5, 0.6) is 0 Å². The molecule has 1 fully saturated rings. The third-order valence-corrected chi connectivity index (χ3v) is 2.17. The maximum absolute atomic E-state index is 5.38. The summed E-state index contributed by atoms with van der Waals surface area (Å²) in [7, 11) is 1.76. The zero-order valence-corrected chi connectivity index (χ0v) is 8.78. The molecule has 0 saturated heterocycles. The van der Waals surface area contributed by atoms with Gasteiger partial charge in [-0.1, -0.05) is 0 Å². The van der Waals surface area contributed by atoms with E-state index < -0.39 is 0 Å². The average molecular weight is 201 g/mol. The van der Waals surface area contributed by atoms with Crippen LogP contribution in [0.25, 0.3) is 0 Å². The lowest BCUT2D eigenvalue weighted by Gasteiger charge is -2.27. The van der Waals surface area contributed by atoms with Crippen molar-refractivity contribution in [3.63, 3.8) is 0 Å². The minimum Gasteiger partial charge on any atom is -0.378 e. The van der Waals surface area contributed by atoms with E-state index in [2.05, 4.69) is 15.8 Å². The van der Waals surface area contributed by atoms with E-state index in [4.69, 9.17) is 17.0 Å². The molecule has 0 aromatic carbocycles. The molecule has 1 rings (SSSR count). The van der Waals surface area contributed by atoms with Gasteiger partial charge in [-0.3, -0.25) is 5.43 Å². The topological polar surface area (TPSA) is 45.6 Å². The quantitative estimate of drug-likeness (QED) is 0.519. The molecule has 0 aromatic rings. The second-order valence-corrected chi connectivity index (χ2v) is 3.26. The van der Waals surface area contributed by atoms with Crippen molar-refractivity contribution in [2.24, 2.45) is 5.10 Å². The molecule has 0 unspecified atom stereocenters. The van der Waals surface area contributed by atoms with Crippen LogP contribution in [-0.4, -0.2) is 30.6 Å². The predicted octanol–water partition coefficient (Wildman–Crippen LogP) is 0.635. The van der Waals surface area contributed by atoms with Crippen molar-refractivity contribution < 1.29 is 4.74 Å². The fourth-order valence-corrected chi connectivity index (χ4v) is 1.14. The fraction of sp³-hybridized carbons (Fsp3) is 0.750. The summed E-state index contributed by atoms with van der Waals surface area (Å²) in [5, 5.41) is 7.45. The molecule has 1 saturated carbocycles. The van der Waals surface area contributed by atoms with Crippen molar-refractivity contribution in [3.8, 4) is 0 Å². The third kappa shape index (κ3) is 3.28. The minimum atomic E-state index is 0.369. The van der Waals surface area contributed by atoms with Gasteiger partial charge in [0.25, 0.3) is 0 Å². The zero-order chi connectivity index (χ0) is 9.68. The zero-order valence-electron chi connectivity index (χ0n) is 7.96. The molecule has 1 aliphatic carbocycles. The van der Waals surface area contributed by atoms with E-state index in [1.807, 2.05) is 6.92 Å². The van der Waals surface area contributed by atoms with Gasteiger partial charge in [0, 0.05) is 32.2 Å². The summed E-state index contributed by atoms with van der Waals surface area (Å²) in [5.41, 5.74) is 3.87. The summed E-state index contributed by atoms with van der Waals surface area (Å²) >= 11 is 4.87. The number of hydrogen-bond donors (Lipinski definition) is 2. The molecule has 5 heteroatoms. The summed E-state index contributed by atoms with van der Waals surface area (Å²) < 4.78 is 5.38. The number of ether oxygens (including phenoxy) is 1. The first kappa shape index (κ1) is 10.4. The molecular formula is C8H15N3OS. The first-order chi connectivity index (χ1) is 6.26. The van der Waals surface area contributed by atoms with E-state index in [-0.39, 0.29) is 0 Å². The highest BCUT2D eigenvalue weighted by atomic mass is 32.1. The van der Waals surface area contributed by atoms with Crippen LogP contribution in [0.1, 0.15) is 19.8 Å². The number of nitrogens with one attached hydrogen (secondary N) is 2. The minimum absolute atomic E-state index is 0.369. The highest BCUT2D eigenvalue weighted by Crippen LogP contribution is 2.19. The molecule has 0 aromatic heterocycles. The Morgan fingerprint density at radius 3 is 2.92 bits per heavy atom. The van der Waals surface area contributed by atoms with Crippen LogP contribution in [-0.2, 0) is 4.74 Å². The molecule has 0 aliphatic heterocycles. The van der Waals surface area contributed by atoms with Gasteiger partial charge in [0.05, 0.1) is 6.10 Å². The summed E-state index contributed by atoms with van der Waals surface area (Å²) in [5.74, 6) is 0. The maximum atomic E-state index is 5.38. The predicted molar refractivity (Wildman–Crippen MR) is 56.9 cm³/mol. The van der Waals surface area contributed by atoms with Crippen molar-refractivity contribution in [1.29, 1.82) is 0 Å². The van der Waals surface area contributed by atoms with Gasteiger partial charge in [0.2, 0.25) is 0 Å². The molecule has 13 heavy (non-hydrogen) atoms. The Morgan fingerprint density at radius 1 is 1.69 bits per heavy atom. The van der Waals surface area contributed by atoms with E-state index in [1.54, 1.807) is 7.05 Å². The van der Waals surface area contributed by atoms with Crippen molar-refractivity contribution in [3.05, 3.63) is 0 Å². The molecule has 0 atom stereocenters. The van der Waals surface area contributed by atoms with E-state index in [9.17, 15) is 0 Å². The lowest BCUT2D eigenvalue weighted by atomic mass is 9.93. The number of thiocarbonyl (C=S) groups is 1. The Labute approximate surface area is 83.7 Å². The maximum Gasteiger partial charge on any atom is 0.186 e. The first-order valence-electron chi connectivity index (χ1n) is 4.41. The summed E-state index contributed by atoms with van der Waals surface area (Å²) in [6, 6.07) is 0. The molecule has 1 aliphatic rings. The number of rotatable bonds is 3. The highest BCUT2D eigenvalue weighted by Gasteiger charge is 2.24. The number of hydrazone groups is 1. The van der Waals surface area contributed by atoms with Gasteiger partial charge in [0.1, 0.15) is 0 Å². The highest BCUT2D eigenvalue weighted by molar-refractivity contribution is 7.80. The van der Waals surface area contributed by atoms with Gasteiger partial charge in [-0.2, -0.15) is 5.10 Å². The monoisotopic (exact) mass is 201 g/mol. The molecule has 2 N–H and O–H groups in total. The summed E-state index contributed by atoms with van der Waals surface area (Å²) in [6.07, 6.45) is 2.22. The average Bonchev–Trinajstić information content (AvgIpc) is 2.08.